The number of anilines is 2. The van der Waals surface area contributed by atoms with E-state index in [0.717, 1.165) is 17.1 Å². The van der Waals surface area contributed by atoms with Crippen LogP contribution in [0.5, 0.6) is 5.75 Å². The summed E-state index contributed by atoms with van der Waals surface area (Å²) in [6, 6.07) is 16.0. The van der Waals surface area contributed by atoms with Crippen molar-refractivity contribution in [2.75, 3.05) is 36.4 Å². The zero-order valence-electron chi connectivity index (χ0n) is 20.3. The van der Waals surface area contributed by atoms with Gasteiger partial charge in [-0.05, 0) is 61.4 Å². The fourth-order valence-corrected chi connectivity index (χ4v) is 7.55. The van der Waals surface area contributed by atoms with Crippen molar-refractivity contribution < 1.29 is 26.4 Å². The third kappa shape index (κ3) is 6.08. The lowest BCUT2D eigenvalue weighted by Crippen LogP contribution is -2.38. The van der Waals surface area contributed by atoms with Gasteiger partial charge in [-0.25, -0.2) is 16.8 Å². The van der Waals surface area contributed by atoms with Gasteiger partial charge in [-0.15, -0.1) is 0 Å². The first-order valence-corrected chi connectivity index (χ1v) is 15.2. The molecule has 202 valence electrons. The summed E-state index contributed by atoms with van der Waals surface area (Å²) in [7, 11) is -6.60. The lowest BCUT2D eigenvalue weighted by atomic mass is 10.3. The molecule has 13 heteroatoms. The van der Waals surface area contributed by atoms with Gasteiger partial charge < -0.3 is 10.1 Å². The highest BCUT2D eigenvalue weighted by Gasteiger charge is 2.30. The molecule has 1 saturated heterocycles. The molecular weight excluding hydrogens is 573 g/mol. The predicted octanol–water partition coefficient (Wildman–Crippen LogP) is 4.62. The summed E-state index contributed by atoms with van der Waals surface area (Å²) in [5.74, 6) is -0.531. The Hall–Kier alpha value is -2.83. The van der Waals surface area contributed by atoms with E-state index in [-0.39, 0.29) is 37.0 Å². The van der Waals surface area contributed by atoms with Crippen LogP contribution in [0.1, 0.15) is 12.8 Å². The Bertz CT molecular complexity index is 1520. The van der Waals surface area contributed by atoms with Crippen LogP contribution in [-0.2, 0) is 24.8 Å². The molecule has 0 saturated carbocycles. The SMILES string of the molecule is COc1ccc(S(=O)(=O)N2CCCC2)cc1NC(=O)CN(c1cc(Cl)cc(Cl)c1)S(=O)(=O)c1ccccc1. The summed E-state index contributed by atoms with van der Waals surface area (Å²) < 4.78 is 60.8. The molecule has 0 atom stereocenters. The minimum Gasteiger partial charge on any atom is -0.495 e. The Kier molecular flexibility index (Phi) is 8.53. The van der Waals surface area contributed by atoms with Crippen LogP contribution in [0.4, 0.5) is 11.4 Å². The number of carbonyl (C=O) groups is 1. The number of hydrogen-bond acceptors (Lipinski definition) is 6. The molecule has 1 N–H and O–H groups in total. The van der Waals surface area contributed by atoms with E-state index in [1.165, 1.54) is 59.9 Å². The molecule has 3 aromatic carbocycles. The van der Waals surface area contributed by atoms with Crippen LogP contribution in [0, 0.1) is 0 Å². The second kappa shape index (κ2) is 11.5. The van der Waals surface area contributed by atoms with Crippen LogP contribution in [0.25, 0.3) is 0 Å². The molecule has 0 aromatic heterocycles. The van der Waals surface area contributed by atoms with Crippen LogP contribution in [0.3, 0.4) is 0 Å². The molecular formula is C25H25Cl2N3O6S2. The second-order valence-electron chi connectivity index (χ2n) is 8.47. The Morgan fingerprint density at radius 2 is 1.55 bits per heavy atom. The van der Waals surface area contributed by atoms with Crippen LogP contribution in [-0.4, -0.2) is 53.8 Å². The maximum absolute atomic E-state index is 13.5. The number of halogens is 2. The summed E-state index contributed by atoms with van der Waals surface area (Å²) in [5.41, 5.74) is 0.165. The monoisotopic (exact) mass is 597 g/mol. The maximum Gasteiger partial charge on any atom is 0.264 e. The van der Waals surface area contributed by atoms with Crippen molar-refractivity contribution in [2.24, 2.45) is 0 Å². The smallest absolute Gasteiger partial charge is 0.264 e. The molecule has 0 radical (unpaired) electrons. The molecule has 9 nitrogen and oxygen atoms in total. The number of nitrogens with zero attached hydrogens (tertiary/aromatic N) is 2. The third-order valence-electron chi connectivity index (χ3n) is 5.90. The van der Waals surface area contributed by atoms with Crippen molar-refractivity contribution in [1.29, 1.82) is 0 Å². The zero-order chi connectivity index (χ0) is 27.5. The highest BCUT2D eigenvalue weighted by molar-refractivity contribution is 7.92. The predicted molar refractivity (Wildman–Crippen MR) is 147 cm³/mol. The van der Waals surface area contributed by atoms with Gasteiger partial charge in [0, 0.05) is 23.1 Å². The van der Waals surface area contributed by atoms with E-state index >= 15 is 0 Å². The van der Waals surface area contributed by atoms with E-state index in [1.54, 1.807) is 18.2 Å². The zero-order valence-corrected chi connectivity index (χ0v) is 23.4. The second-order valence-corrected chi connectivity index (χ2v) is 13.1. The lowest BCUT2D eigenvalue weighted by molar-refractivity contribution is -0.114. The van der Waals surface area contributed by atoms with Gasteiger partial charge in [-0.1, -0.05) is 41.4 Å². The van der Waals surface area contributed by atoms with E-state index in [4.69, 9.17) is 27.9 Å². The molecule has 1 fully saturated rings. The van der Waals surface area contributed by atoms with Crippen molar-refractivity contribution >= 4 is 60.5 Å². The van der Waals surface area contributed by atoms with Gasteiger partial charge in [-0.2, -0.15) is 4.31 Å². The van der Waals surface area contributed by atoms with E-state index in [9.17, 15) is 21.6 Å². The minimum absolute atomic E-state index is 0.00844. The van der Waals surface area contributed by atoms with Gasteiger partial charge in [0.25, 0.3) is 10.0 Å². The molecule has 1 aliphatic rings. The summed E-state index contributed by atoms with van der Waals surface area (Å²) in [6.07, 6.45) is 1.55. The quantitative estimate of drug-likeness (QED) is 0.385. The van der Waals surface area contributed by atoms with Crippen LogP contribution in [0.2, 0.25) is 10.0 Å². The van der Waals surface area contributed by atoms with Crippen molar-refractivity contribution in [3.05, 3.63) is 76.8 Å². The van der Waals surface area contributed by atoms with Crippen molar-refractivity contribution in [3.8, 4) is 5.75 Å². The molecule has 3 aromatic rings. The molecule has 0 unspecified atom stereocenters. The Morgan fingerprint density at radius 1 is 0.921 bits per heavy atom. The Morgan fingerprint density at radius 3 is 2.16 bits per heavy atom. The van der Waals surface area contributed by atoms with Gasteiger partial charge >= 0.3 is 0 Å². The van der Waals surface area contributed by atoms with Crippen LogP contribution >= 0.6 is 23.2 Å². The fraction of sp³-hybridized carbons (Fsp3) is 0.240. The van der Waals surface area contributed by atoms with E-state index in [2.05, 4.69) is 5.32 Å². The van der Waals surface area contributed by atoms with Gasteiger partial charge in [0.2, 0.25) is 15.9 Å². The summed E-state index contributed by atoms with van der Waals surface area (Å²) in [5, 5.41) is 2.96. The Labute approximate surface area is 232 Å². The Balaban J connectivity index is 1.68. The van der Waals surface area contributed by atoms with Crippen molar-refractivity contribution in [3.63, 3.8) is 0 Å². The summed E-state index contributed by atoms with van der Waals surface area (Å²) in [4.78, 5) is 13.2. The highest BCUT2D eigenvalue weighted by Crippen LogP contribution is 2.32. The van der Waals surface area contributed by atoms with Crippen molar-refractivity contribution in [2.45, 2.75) is 22.6 Å². The largest absolute Gasteiger partial charge is 0.495 e. The van der Waals surface area contributed by atoms with Crippen molar-refractivity contribution in [1.82, 2.24) is 4.31 Å². The molecule has 1 amide bonds. The maximum atomic E-state index is 13.5. The van der Waals surface area contributed by atoms with E-state index in [0.29, 0.717) is 13.1 Å². The van der Waals surface area contributed by atoms with Crippen LogP contribution in [0.15, 0.2) is 76.5 Å². The third-order valence-corrected chi connectivity index (χ3v) is 10.0. The van der Waals surface area contributed by atoms with Gasteiger partial charge in [0.1, 0.15) is 12.3 Å². The number of ether oxygens (including phenoxy) is 1. The number of hydrogen-bond donors (Lipinski definition) is 1. The summed E-state index contributed by atoms with van der Waals surface area (Å²) >= 11 is 12.3. The number of amides is 1. The molecule has 0 spiro atoms. The molecule has 0 aliphatic carbocycles. The van der Waals surface area contributed by atoms with Gasteiger partial charge in [-0.3, -0.25) is 9.10 Å². The molecule has 1 aliphatic heterocycles. The minimum atomic E-state index is -4.21. The van der Waals surface area contributed by atoms with Gasteiger partial charge in [0.05, 0.1) is 28.3 Å². The molecule has 38 heavy (non-hydrogen) atoms. The average molecular weight is 599 g/mol. The number of benzene rings is 3. The molecule has 0 bridgehead atoms. The number of nitrogens with one attached hydrogen (secondary N) is 1. The molecule has 4 rings (SSSR count). The normalized spacial score (nSPS) is 14.3. The number of methoxy groups -OCH3 is 1. The van der Waals surface area contributed by atoms with Crippen LogP contribution < -0.4 is 14.4 Å². The van der Waals surface area contributed by atoms with Gasteiger partial charge in [0.15, 0.2) is 0 Å². The number of sulfonamides is 2. The van der Waals surface area contributed by atoms with E-state index < -0.39 is 32.5 Å². The summed E-state index contributed by atoms with van der Waals surface area (Å²) in [6.45, 7) is 0.190. The highest BCUT2D eigenvalue weighted by atomic mass is 35.5. The standard InChI is InChI=1S/C25H25Cl2N3O6S2/c1-36-24-10-9-22(37(32,33)29-11-5-6-12-29)16-23(24)28-25(31)17-30(20-14-18(26)13-19(27)15-20)38(34,35)21-7-3-2-4-8-21/h2-4,7-10,13-16H,5-6,11-12,17H2,1H3,(H,28,31). The van der Waals surface area contributed by atoms with E-state index in [1.807, 2.05) is 0 Å². The first-order valence-electron chi connectivity index (χ1n) is 11.5. The topological polar surface area (TPSA) is 113 Å². The molecule has 1 heterocycles. The first kappa shape index (κ1) is 28.2. The number of rotatable bonds is 9. The lowest BCUT2D eigenvalue weighted by Gasteiger charge is -2.25. The average Bonchev–Trinajstić information content (AvgIpc) is 3.43. The first-order chi connectivity index (χ1) is 18.0. The number of carbonyl (C=O) groups excluding carboxylic acids is 1. The fourth-order valence-electron chi connectivity index (χ4n) is 4.06.